The summed E-state index contributed by atoms with van der Waals surface area (Å²) in [6.07, 6.45) is 13.9. The number of ether oxygens (including phenoxy) is 1. The molecule has 1 heterocycles. The van der Waals surface area contributed by atoms with Gasteiger partial charge in [0, 0.05) is 12.0 Å². The Balaban J connectivity index is 2.47. The van der Waals surface area contributed by atoms with Crippen LogP contribution in [0.15, 0.2) is 30.3 Å². The summed E-state index contributed by atoms with van der Waals surface area (Å²) in [6, 6.07) is 11.3. The Kier molecular flexibility index (Phi) is 7.81. The lowest BCUT2D eigenvalue weighted by atomic mass is 9.58. The van der Waals surface area contributed by atoms with Crippen molar-refractivity contribution < 1.29 is 4.74 Å². The molecule has 1 aromatic rings. The van der Waals surface area contributed by atoms with E-state index >= 15 is 0 Å². The molecule has 0 aromatic heterocycles. The maximum Gasteiger partial charge on any atom is 0.0778 e. The molecule has 1 atom stereocenters. The molecule has 0 radical (unpaired) electrons. The highest BCUT2D eigenvalue weighted by Crippen LogP contribution is 2.53. The lowest BCUT2D eigenvalue weighted by Crippen LogP contribution is -2.56. The molecule has 0 bridgehead atoms. The zero-order valence-electron chi connectivity index (χ0n) is 16.3. The van der Waals surface area contributed by atoms with E-state index in [4.69, 9.17) is 4.74 Å². The normalized spacial score (nSPS) is 23.3. The molecule has 0 saturated carbocycles. The number of benzene rings is 1. The maximum absolute atomic E-state index is 6.74. The van der Waals surface area contributed by atoms with Gasteiger partial charge in [0.05, 0.1) is 5.60 Å². The number of hydrogen-bond donors (Lipinski definition) is 0. The smallest absolute Gasteiger partial charge is 0.0778 e. The Morgan fingerprint density at radius 2 is 1.42 bits per heavy atom. The summed E-state index contributed by atoms with van der Waals surface area (Å²) in [7, 11) is 0. The van der Waals surface area contributed by atoms with Crippen molar-refractivity contribution in [2.24, 2.45) is 0 Å². The van der Waals surface area contributed by atoms with Crippen LogP contribution in [0.3, 0.4) is 0 Å². The molecule has 24 heavy (non-hydrogen) atoms. The van der Waals surface area contributed by atoms with Gasteiger partial charge in [0.15, 0.2) is 0 Å². The van der Waals surface area contributed by atoms with E-state index in [-0.39, 0.29) is 11.0 Å². The predicted molar refractivity (Wildman–Crippen MR) is 105 cm³/mol. The van der Waals surface area contributed by atoms with Gasteiger partial charge >= 0.3 is 0 Å². The third-order valence-corrected chi connectivity index (χ3v) is 6.15. The summed E-state index contributed by atoms with van der Waals surface area (Å²) >= 11 is 0. The largest absolute Gasteiger partial charge is 0.374 e. The minimum absolute atomic E-state index is 0.0494. The van der Waals surface area contributed by atoms with Crippen LogP contribution < -0.4 is 0 Å². The molecule has 1 heteroatoms. The standard InChI is InChI=1S/C23H38O/c1-4-7-16-22(21-14-11-10-12-15-21)17-13-20-24-23(22,18-8-5-2)19-9-6-3/h10-12,14-15H,4-9,13,16-20H2,1-3H3. The highest BCUT2D eigenvalue weighted by atomic mass is 16.5. The van der Waals surface area contributed by atoms with Crippen LogP contribution in [-0.4, -0.2) is 12.2 Å². The van der Waals surface area contributed by atoms with Crippen molar-refractivity contribution in [1.29, 1.82) is 0 Å². The molecule has 0 spiro atoms. The van der Waals surface area contributed by atoms with Crippen LogP contribution in [0, 0.1) is 0 Å². The minimum atomic E-state index is 0.0494. The summed E-state index contributed by atoms with van der Waals surface area (Å²) < 4.78 is 6.74. The third kappa shape index (κ3) is 4.04. The molecule has 1 fully saturated rings. The topological polar surface area (TPSA) is 9.23 Å². The van der Waals surface area contributed by atoms with Crippen LogP contribution in [0.1, 0.15) is 97.0 Å². The van der Waals surface area contributed by atoms with Crippen LogP contribution in [0.25, 0.3) is 0 Å². The fraction of sp³-hybridized carbons (Fsp3) is 0.739. The summed E-state index contributed by atoms with van der Waals surface area (Å²) in [4.78, 5) is 0. The van der Waals surface area contributed by atoms with Gasteiger partial charge in [0.1, 0.15) is 0 Å². The molecule has 0 N–H and O–H groups in total. The van der Waals surface area contributed by atoms with E-state index in [9.17, 15) is 0 Å². The molecular formula is C23H38O. The van der Waals surface area contributed by atoms with Crippen molar-refractivity contribution in [1.82, 2.24) is 0 Å². The molecule has 0 amide bonds. The van der Waals surface area contributed by atoms with Crippen LogP contribution in [0.4, 0.5) is 0 Å². The van der Waals surface area contributed by atoms with Crippen molar-refractivity contribution in [2.75, 3.05) is 6.61 Å². The molecule has 1 nitrogen and oxygen atoms in total. The van der Waals surface area contributed by atoms with E-state index in [0.29, 0.717) is 0 Å². The number of rotatable bonds is 10. The van der Waals surface area contributed by atoms with E-state index < -0.39 is 0 Å². The van der Waals surface area contributed by atoms with Crippen LogP contribution in [0.2, 0.25) is 0 Å². The summed E-state index contributed by atoms with van der Waals surface area (Å²) in [6.45, 7) is 7.90. The molecule has 136 valence electrons. The van der Waals surface area contributed by atoms with Gasteiger partial charge in [-0.3, -0.25) is 0 Å². The summed E-state index contributed by atoms with van der Waals surface area (Å²) in [5.41, 5.74) is 1.80. The monoisotopic (exact) mass is 330 g/mol. The van der Waals surface area contributed by atoms with Gasteiger partial charge in [0.25, 0.3) is 0 Å². The average molecular weight is 331 g/mol. The Morgan fingerprint density at radius 1 is 0.833 bits per heavy atom. The van der Waals surface area contributed by atoms with Crippen molar-refractivity contribution in [3.8, 4) is 0 Å². The second-order valence-electron chi connectivity index (χ2n) is 7.71. The van der Waals surface area contributed by atoms with Crippen molar-refractivity contribution in [3.63, 3.8) is 0 Å². The van der Waals surface area contributed by atoms with E-state index in [0.717, 1.165) is 6.61 Å². The first-order chi connectivity index (χ1) is 11.7. The van der Waals surface area contributed by atoms with Crippen molar-refractivity contribution in [3.05, 3.63) is 35.9 Å². The Morgan fingerprint density at radius 3 is 2.00 bits per heavy atom. The fourth-order valence-electron chi connectivity index (χ4n) is 4.82. The van der Waals surface area contributed by atoms with E-state index in [2.05, 4.69) is 51.1 Å². The minimum Gasteiger partial charge on any atom is -0.374 e. The Labute approximate surface area is 150 Å². The molecule has 1 aliphatic heterocycles. The third-order valence-electron chi connectivity index (χ3n) is 6.15. The fourth-order valence-corrected chi connectivity index (χ4v) is 4.82. The van der Waals surface area contributed by atoms with Crippen molar-refractivity contribution >= 4 is 0 Å². The predicted octanol–water partition coefficient (Wildman–Crippen LogP) is 7.04. The van der Waals surface area contributed by atoms with Crippen LogP contribution >= 0.6 is 0 Å². The van der Waals surface area contributed by atoms with Gasteiger partial charge in [0.2, 0.25) is 0 Å². The van der Waals surface area contributed by atoms with E-state index in [1.807, 2.05) is 0 Å². The zero-order valence-corrected chi connectivity index (χ0v) is 16.3. The van der Waals surface area contributed by atoms with Gasteiger partial charge in [-0.15, -0.1) is 0 Å². The van der Waals surface area contributed by atoms with Gasteiger partial charge < -0.3 is 4.74 Å². The SMILES string of the molecule is CCCCC1(CCCC)OCCCC1(CCCC)c1ccccc1. The van der Waals surface area contributed by atoms with Gasteiger partial charge in [-0.2, -0.15) is 0 Å². The quantitative estimate of drug-likeness (QED) is 0.447. The second kappa shape index (κ2) is 9.61. The average Bonchev–Trinajstić information content (AvgIpc) is 2.64. The van der Waals surface area contributed by atoms with Crippen LogP contribution in [0.5, 0.6) is 0 Å². The molecule has 1 aliphatic rings. The van der Waals surface area contributed by atoms with E-state index in [1.54, 1.807) is 0 Å². The van der Waals surface area contributed by atoms with Gasteiger partial charge in [-0.25, -0.2) is 0 Å². The first-order valence-corrected chi connectivity index (χ1v) is 10.4. The Bertz CT molecular complexity index is 444. The molecule has 1 unspecified atom stereocenters. The molecule has 0 aliphatic carbocycles. The molecule has 1 saturated heterocycles. The van der Waals surface area contributed by atoms with Crippen molar-refractivity contribution in [2.45, 2.75) is 102 Å². The van der Waals surface area contributed by atoms with Crippen LogP contribution in [-0.2, 0) is 10.2 Å². The van der Waals surface area contributed by atoms with E-state index in [1.165, 1.54) is 76.2 Å². The highest BCUT2D eigenvalue weighted by molar-refractivity contribution is 5.31. The number of unbranched alkanes of at least 4 members (excludes halogenated alkanes) is 3. The van der Waals surface area contributed by atoms with Gasteiger partial charge in [-0.05, 0) is 37.7 Å². The summed E-state index contributed by atoms with van der Waals surface area (Å²) in [5.74, 6) is 0. The number of hydrogen-bond acceptors (Lipinski definition) is 1. The van der Waals surface area contributed by atoms with Gasteiger partial charge in [-0.1, -0.05) is 89.6 Å². The zero-order chi connectivity index (χ0) is 17.3. The summed E-state index contributed by atoms with van der Waals surface area (Å²) in [5, 5.41) is 0. The first kappa shape index (κ1) is 19.5. The maximum atomic E-state index is 6.74. The highest BCUT2D eigenvalue weighted by Gasteiger charge is 2.53. The molecule has 2 rings (SSSR count). The molecule has 1 aromatic carbocycles. The first-order valence-electron chi connectivity index (χ1n) is 10.4. The molecular weight excluding hydrogens is 292 g/mol. The Hall–Kier alpha value is -0.820. The lowest BCUT2D eigenvalue weighted by molar-refractivity contribution is -0.151. The lowest BCUT2D eigenvalue weighted by Gasteiger charge is -2.55. The second-order valence-corrected chi connectivity index (χ2v) is 7.71.